The Morgan fingerprint density at radius 2 is 1.40 bits per heavy atom. The lowest BCUT2D eigenvalue weighted by atomic mass is 10.1. The second-order valence-electron chi connectivity index (χ2n) is 5.64. The minimum Gasteiger partial charge on any atom is -0.462 e. The zero-order valence-corrected chi connectivity index (χ0v) is 14.2. The molecule has 1 aromatic carbocycles. The van der Waals surface area contributed by atoms with Crippen molar-refractivity contribution in [3.05, 3.63) is 35.4 Å². The first-order chi connectivity index (χ1) is 11.8. The van der Waals surface area contributed by atoms with E-state index >= 15 is 0 Å². The van der Waals surface area contributed by atoms with Gasteiger partial charge >= 0.3 is 18.1 Å². The molecule has 7 heteroatoms. The van der Waals surface area contributed by atoms with Gasteiger partial charge in [-0.05, 0) is 18.6 Å². The maximum absolute atomic E-state index is 12.1. The lowest BCUT2D eigenvalue weighted by Crippen LogP contribution is -2.22. The Morgan fingerprint density at radius 1 is 0.880 bits per heavy atom. The van der Waals surface area contributed by atoms with Crippen molar-refractivity contribution in [2.75, 3.05) is 13.2 Å². The van der Waals surface area contributed by atoms with Crippen molar-refractivity contribution in [1.29, 1.82) is 0 Å². The van der Waals surface area contributed by atoms with Crippen LogP contribution in [0.1, 0.15) is 66.2 Å². The van der Waals surface area contributed by atoms with E-state index in [9.17, 15) is 22.8 Å². The summed E-state index contributed by atoms with van der Waals surface area (Å²) in [6, 6.07) is 5.50. The number of halogens is 3. The quantitative estimate of drug-likeness (QED) is 0.439. The first-order valence-corrected chi connectivity index (χ1v) is 8.35. The van der Waals surface area contributed by atoms with Crippen LogP contribution in [0.4, 0.5) is 13.2 Å². The van der Waals surface area contributed by atoms with E-state index in [2.05, 4.69) is 11.7 Å². The Balaban J connectivity index is 2.51. The van der Waals surface area contributed by atoms with Crippen LogP contribution in [0.15, 0.2) is 24.3 Å². The highest BCUT2D eigenvalue weighted by atomic mass is 19.4. The van der Waals surface area contributed by atoms with Crippen molar-refractivity contribution in [1.82, 2.24) is 0 Å². The summed E-state index contributed by atoms with van der Waals surface area (Å²) >= 11 is 0. The van der Waals surface area contributed by atoms with Crippen LogP contribution in [0, 0.1) is 0 Å². The lowest BCUT2D eigenvalue weighted by Gasteiger charge is -2.11. The van der Waals surface area contributed by atoms with Gasteiger partial charge in [0.2, 0.25) is 0 Å². The molecule has 1 rings (SSSR count). The van der Waals surface area contributed by atoms with Gasteiger partial charge in [0.25, 0.3) is 0 Å². The van der Waals surface area contributed by atoms with Gasteiger partial charge in [-0.2, -0.15) is 13.2 Å². The van der Waals surface area contributed by atoms with Gasteiger partial charge in [0, 0.05) is 0 Å². The summed E-state index contributed by atoms with van der Waals surface area (Å²) in [5.74, 6) is -1.95. The number of hydrogen-bond donors (Lipinski definition) is 0. The molecular weight excluding hydrogens is 337 g/mol. The molecule has 25 heavy (non-hydrogen) atoms. The highest BCUT2D eigenvalue weighted by Gasteiger charge is 2.30. The molecule has 0 spiro atoms. The van der Waals surface area contributed by atoms with Crippen molar-refractivity contribution in [2.24, 2.45) is 0 Å². The third-order valence-electron chi connectivity index (χ3n) is 3.46. The molecule has 0 amide bonds. The van der Waals surface area contributed by atoms with E-state index in [4.69, 9.17) is 4.74 Å². The number of ether oxygens (including phenoxy) is 2. The summed E-state index contributed by atoms with van der Waals surface area (Å²) in [6.45, 7) is 0.628. The van der Waals surface area contributed by atoms with Crippen LogP contribution in [0.5, 0.6) is 0 Å². The van der Waals surface area contributed by atoms with E-state index in [0.29, 0.717) is 6.42 Å². The van der Waals surface area contributed by atoms with Crippen LogP contribution < -0.4 is 0 Å². The summed E-state index contributed by atoms with van der Waals surface area (Å²) in [5, 5.41) is 0. The number of esters is 2. The number of alkyl halides is 3. The SMILES string of the molecule is CCCCCCCCOC(=O)c1ccccc1C(=O)OCC(F)(F)F. The van der Waals surface area contributed by atoms with Gasteiger partial charge in [-0.3, -0.25) is 0 Å². The Kier molecular flexibility index (Phi) is 9.02. The van der Waals surface area contributed by atoms with E-state index in [1.807, 2.05) is 0 Å². The average molecular weight is 360 g/mol. The topological polar surface area (TPSA) is 52.6 Å². The predicted octanol–water partition coefficient (Wildman–Crippen LogP) is 4.92. The smallest absolute Gasteiger partial charge is 0.422 e. The molecule has 1 aromatic rings. The van der Waals surface area contributed by atoms with Crippen LogP contribution in [0.25, 0.3) is 0 Å². The maximum Gasteiger partial charge on any atom is 0.422 e. The standard InChI is InChI=1S/C18H23F3O4/c1-2-3-4-5-6-9-12-24-16(22)14-10-7-8-11-15(14)17(23)25-13-18(19,20)21/h7-8,10-11H,2-6,9,12-13H2,1H3. The Labute approximate surface area is 145 Å². The normalized spacial score (nSPS) is 11.2. The van der Waals surface area contributed by atoms with Crippen LogP contribution in [-0.4, -0.2) is 31.3 Å². The molecule has 0 aliphatic heterocycles. The van der Waals surface area contributed by atoms with Crippen molar-refractivity contribution >= 4 is 11.9 Å². The van der Waals surface area contributed by atoms with Crippen LogP contribution in [-0.2, 0) is 9.47 Å². The lowest BCUT2D eigenvalue weighted by molar-refractivity contribution is -0.161. The molecule has 0 saturated carbocycles. The van der Waals surface area contributed by atoms with Crippen LogP contribution >= 0.6 is 0 Å². The third kappa shape index (κ3) is 8.56. The number of benzene rings is 1. The maximum atomic E-state index is 12.1. The fourth-order valence-electron chi connectivity index (χ4n) is 2.19. The number of unbranched alkanes of at least 4 members (excludes halogenated alkanes) is 5. The van der Waals surface area contributed by atoms with E-state index < -0.39 is 24.7 Å². The van der Waals surface area contributed by atoms with E-state index in [1.165, 1.54) is 30.7 Å². The molecule has 0 heterocycles. The third-order valence-corrected chi connectivity index (χ3v) is 3.46. The zero-order valence-electron chi connectivity index (χ0n) is 14.2. The fourth-order valence-corrected chi connectivity index (χ4v) is 2.19. The molecule has 140 valence electrons. The number of carbonyl (C=O) groups excluding carboxylic acids is 2. The molecule has 0 radical (unpaired) electrons. The Morgan fingerprint density at radius 3 is 1.96 bits per heavy atom. The van der Waals surface area contributed by atoms with Crippen molar-refractivity contribution < 1.29 is 32.2 Å². The minimum atomic E-state index is -4.62. The van der Waals surface area contributed by atoms with Gasteiger partial charge in [0.1, 0.15) is 0 Å². The van der Waals surface area contributed by atoms with Gasteiger partial charge in [0.15, 0.2) is 6.61 Å². The Hall–Kier alpha value is -2.05. The molecule has 0 aliphatic rings. The molecule has 4 nitrogen and oxygen atoms in total. The Bertz CT molecular complexity index is 555. The first-order valence-electron chi connectivity index (χ1n) is 8.35. The molecule has 0 atom stereocenters. The number of carbonyl (C=O) groups is 2. The number of rotatable bonds is 10. The summed E-state index contributed by atoms with van der Waals surface area (Å²) < 4.78 is 45.7. The van der Waals surface area contributed by atoms with E-state index in [1.54, 1.807) is 0 Å². The molecule has 0 aromatic heterocycles. The minimum absolute atomic E-state index is 0.0966. The molecule has 0 fully saturated rings. The van der Waals surface area contributed by atoms with Gasteiger partial charge in [-0.1, -0.05) is 51.2 Å². The van der Waals surface area contributed by atoms with Crippen molar-refractivity contribution in [3.63, 3.8) is 0 Å². The predicted molar refractivity (Wildman–Crippen MR) is 86.4 cm³/mol. The molecule has 0 saturated heterocycles. The summed E-state index contributed by atoms with van der Waals surface area (Å²) in [6.07, 6.45) is 1.54. The summed E-state index contributed by atoms with van der Waals surface area (Å²) in [4.78, 5) is 23.8. The largest absolute Gasteiger partial charge is 0.462 e. The summed E-state index contributed by atoms with van der Waals surface area (Å²) in [7, 11) is 0. The molecule has 0 aliphatic carbocycles. The van der Waals surface area contributed by atoms with E-state index in [-0.39, 0.29) is 17.7 Å². The van der Waals surface area contributed by atoms with Crippen molar-refractivity contribution in [2.45, 2.75) is 51.6 Å². The van der Waals surface area contributed by atoms with Gasteiger partial charge in [0.05, 0.1) is 17.7 Å². The highest BCUT2D eigenvalue weighted by molar-refractivity contribution is 6.03. The molecule has 0 N–H and O–H groups in total. The zero-order chi connectivity index (χ0) is 18.7. The van der Waals surface area contributed by atoms with Crippen LogP contribution in [0.2, 0.25) is 0 Å². The second kappa shape index (κ2) is 10.7. The monoisotopic (exact) mass is 360 g/mol. The van der Waals surface area contributed by atoms with Gasteiger partial charge < -0.3 is 9.47 Å². The number of hydrogen-bond acceptors (Lipinski definition) is 4. The molecular formula is C18H23F3O4. The highest BCUT2D eigenvalue weighted by Crippen LogP contribution is 2.17. The second-order valence-corrected chi connectivity index (χ2v) is 5.64. The van der Waals surface area contributed by atoms with E-state index in [0.717, 1.165) is 25.7 Å². The van der Waals surface area contributed by atoms with Gasteiger partial charge in [-0.25, -0.2) is 9.59 Å². The molecule has 0 bridgehead atoms. The van der Waals surface area contributed by atoms with Gasteiger partial charge in [-0.15, -0.1) is 0 Å². The first kappa shape index (κ1) is 21.0. The average Bonchev–Trinajstić information content (AvgIpc) is 2.58. The molecule has 0 unspecified atom stereocenters. The van der Waals surface area contributed by atoms with Crippen LogP contribution in [0.3, 0.4) is 0 Å². The summed E-state index contributed by atoms with van der Waals surface area (Å²) in [5.41, 5.74) is -0.333. The van der Waals surface area contributed by atoms with Crippen molar-refractivity contribution in [3.8, 4) is 0 Å². The fraction of sp³-hybridized carbons (Fsp3) is 0.556.